The molecule has 0 aliphatic carbocycles. The summed E-state index contributed by atoms with van der Waals surface area (Å²) >= 11 is 0. The number of hydrogen-bond acceptors (Lipinski definition) is 6. The monoisotopic (exact) mass is 338 g/mol. The van der Waals surface area contributed by atoms with Crippen molar-refractivity contribution in [2.75, 3.05) is 7.11 Å². The van der Waals surface area contributed by atoms with Crippen LogP contribution in [0.5, 0.6) is 0 Å². The summed E-state index contributed by atoms with van der Waals surface area (Å²) in [5, 5.41) is 18.1. The van der Waals surface area contributed by atoms with Gasteiger partial charge in [0.05, 0.1) is 12.8 Å². The molecule has 2 rings (SSSR count). The fourth-order valence-corrected chi connectivity index (χ4v) is 1.96. The maximum absolute atomic E-state index is 12.2. The van der Waals surface area contributed by atoms with E-state index >= 15 is 0 Å². The first-order chi connectivity index (χ1) is 11.9. The number of nitrogens with zero attached hydrogens (tertiary/aromatic N) is 2. The average molecular weight is 338 g/mol. The number of carbonyl (C=O) groups excluding carboxylic acids is 2. The number of carbonyl (C=O) groups is 2. The summed E-state index contributed by atoms with van der Waals surface area (Å²) < 4.78 is 4.43. The molecule has 0 spiro atoms. The van der Waals surface area contributed by atoms with Crippen LogP contribution in [0.2, 0.25) is 0 Å². The van der Waals surface area contributed by atoms with Crippen molar-refractivity contribution in [2.24, 2.45) is 10.2 Å². The molecule has 0 unspecified atom stereocenters. The van der Waals surface area contributed by atoms with Crippen molar-refractivity contribution in [1.82, 2.24) is 0 Å². The van der Waals surface area contributed by atoms with Gasteiger partial charge in [-0.1, -0.05) is 47.5 Å². The zero-order chi connectivity index (χ0) is 18.4. The van der Waals surface area contributed by atoms with Crippen molar-refractivity contribution in [1.29, 1.82) is 0 Å². The smallest absolute Gasteiger partial charge is 0.381 e. The highest BCUT2D eigenvalue weighted by atomic mass is 16.5. The number of hydrogen-bond donors (Lipinski definition) is 1. The Morgan fingerprint density at radius 1 is 0.920 bits per heavy atom. The summed E-state index contributed by atoms with van der Waals surface area (Å²) in [6.45, 7) is 3.82. The standard InChI is InChI=1S/C19H18N2O4/c1-12-4-8-14(9-5-12)17(22)16(18(23)19(24)25-3)21-20-15-10-6-13(2)7-11-15/h4-11,22H,1-3H3/b17-16+,21-20?. The summed E-state index contributed by atoms with van der Waals surface area (Å²) in [5.41, 5.74) is 2.39. The normalized spacial score (nSPS) is 12.0. The Kier molecular flexibility index (Phi) is 5.79. The minimum atomic E-state index is -1.13. The van der Waals surface area contributed by atoms with Crippen LogP contribution in [-0.4, -0.2) is 24.0 Å². The Morgan fingerprint density at radius 2 is 1.44 bits per heavy atom. The van der Waals surface area contributed by atoms with Crippen LogP contribution >= 0.6 is 0 Å². The van der Waals surface area contributed by atoms with E-state index in [-0.39, 0.29) is 0 Å². The number of ketones is 1. The third-order valence-electron chi connectivity index (χ3n) is 3.43. The molecule has 2 aromatic rings. The van der Waals surface area contributed by atoms with Crippen molar-refractivity contribution in [3.63, 3.8) is 0 Å². The highest BCUT2D eigenvalue weighted by molar-refractivity contribution is 6.41. The van der Waals surface area contributed by atoms with E-state index in [9.17, 15) is 14.7 Å². The Labute approximate surface area is 145 Å². The van der Waals surface area contributed by atoms with Crippen LogP contribution in [0, 0.1) is 13.8 Å². The number of azo groups is 1. The van der Waals surface area contributed by atoms with Gasteiger partial charge in [-0.25, -0.2) is 4.79 Å². The van der Waals surface area contributed by atoms with Gasteiger partial charge >= 0.3 is 5.97 Å². The summed E-state index contributed by atoms with van der Waals surface area (Å²) in [7, 11) is 1.08. The molecule has 128 valence electrons. The minimum absolute atomic E-state index is 0.348. The van der Waals surface area contributed by atoms with E-state index in [1.807, 2.05) is 26.0 Å². The van der Waals surface area contributed by atoms with Gasteiger partial charge in [-0.2, -0.15) is 5.11 Å². The van der Waals surface area contributed by atoms with Crippen LogP contribution in [0.15, 0.2) is 64.5 Å². The van der Waals surface area contributed by atoms with E-state index in [2.05, 4.69) is 15.0 Å². The Balaban J connectivity index is 2.47. The molecule has 0 heterocycles. The Morgan fingerprint density at radius 3 is 1.96 bits per heavy atom. The lowest BCUT2D eigenvalue weighted by molar-refractivity contribution is -0.149. The summed E-state index contributed by atoms with van der Waals surface area (Å²) in [6.07, 6.45) is 0. The fourth-order valence-electron chi connectivity index (χ4n) is 1.96. The molecule has 0 atom stereocenters. The molecule has 25 heavy (non-hydrogen) atoms. The maximum Gasteiger partial charge on any atom is 0.381 e. The average Bonchev–Trinajstić information content (AvgIpc) is 2.62. The van der Waals surface area contributed by atoms with E-state index in [0.717, 1.165) is 18.2 Å². The van der Waals surface area contributed by atoms with Crippen LogP contribution < -0.4 is 0 Å². The molecule has 0 fully saturated rings. The molecule has 0 saturated heterocycles. The zero-order valence-corrected chi connectivity index (χ0v) is 14.2. The lowest BCUT2D eigenvalue weighted by Crippen LogP contribution is -2.18. The second kappa shape index (κ2) is 8.01. The van der Waals surface area contributed by atoms with Gasteiger partial charge in [0.25, 0.3) is 5.78 Å². The molecule has 0 aliphatic rings. The van der Waals surface area contributed by atoms with Crippen LogP contribution in [0.4, 0.5) is 5.69 Å². The Hall–Kier alpha value is -3.28. The molecular weight excluding hydrogens is 320 g/mol. The summed E-state index contributed by atoms with van der Waals surface area (Å²) in [6, 6.07) is 13.9. The zero-order valence-electron chi connectivity index (χ0n) is 14.2. The van der Waals surface area contributed by atoms with E-state index in [1.165, 1.54) is 0 Å². The molecule has 1 N–H and O–H groups in total. The first-order valence-electron chi connectivity index (χ1n) is 7.53. The fraction of sp³-hybridized carbons (Fsp3) is 0.158. The molecule has 0 bridgehead atoms. The molecule has 0 radical (unpaired) electrons. The highest BCUT2D eigenvalue weighted by Gasteiger charge is 2.24. The van der Waals surface area contributed by atoms with Gasteiger partial charge in [0.15, 0.2) is 11.5 Å². The van der Waals surface area contributed by atoms with Crippen LogP contribution in [-0.2, 0) is 14.3 Å². The van der Waals surface area contributed by atoms with Crippen molar-refractivity contribution in [3.8, 4) is 0 Å². The number of aryl methyl sites for hydroxylation is 2. The second-order valence-electron chi connectivity index (χ2n) is 5.42. The minimum Gasteiger partial charge on any atom is -0.505 e. The van der Waals surface area contributed by atoms with E-state index in [4.69, 9.17) is 0 Å². The summed E-state index contributed by atoms with van der Waals surface area (Å²) in [5.74, 6) is -2.64. The number of aliphatic hydroxyl groups is 1. The highest BCUT2D eigenvalue weighted by Crippen LogP contribution is 2.21. The third-order valence-corrected chi connectivity index (χ3v) is 3.43. The van der Waals surface area contributed by atoms with Gasteiger partial charge < -0.3 is 9.84 Å². The van der Waals surface area contributed by atoms with Crippen molar-refractivity contribution in [2.45, 2.75) is 13.8 Å². The van der Waals surface area contributed by atoms with E-state index in [0.29, 0.717) is 11.3 Å². The first-order valence-corrected chi connectivity index (χ1v) is 7.53. The van der Waals surface area contributed by atoms with Gasteiger partial charge in [0.1, 0.15) is 0 Å². The first kappa shape index (κ1) is 18.1. The second-order valence-corrected chi connectivity index (χ2v) is 5.42. The molecule has 0 amide bonds. The molecule has 0 saturated carbocycles. The maximum atomic E-state index is 12.2. The quantitative estimate of drug-likeness (QED) is 0.293. The topological polar surface area (TPSA) is 88.3 Å². The predicted octanol–water partition coefficient (Wildman–Crippen LogP) is 4.06. The molecule has 0 aliphatic heterocycles. The van der Waals surface area contributed by atoms with Gasteiger partial charge in [-0.05, 0) is 26.0 Å². The van der Waals surface area contributed by atoms with Crippen molar-refractivity contribution in [3.05, 3.63) is 70.9 Å². The van der Waals surface area contributed by atoms with Crippen LogP contribution in [0.3, 0.4) is 0 Å². The van der Waals surface area contributed by atoms with Gasteiger partial charge in [-0.15, -0.1) is 5.11 Å². The Bertz CT molecular complexity index is 835. The van der Waals surface area contributed by atoms with E-state index in [1.54, 1.807) is 36.4 Å². The number of esters is 1. The number of aliphatic hydroxyl groups excluding tert-OH is 1. The number of benzene rings is 2. The largest absolute Gasteiger partial charge is 0.505 e. The van der Waals surface area contributed by atoms with Gasteiger partial charge in [0.2, 0.25) is 0 Å². The summed E-state index contributed by atoms with van der Waals surface area (Å²) in [4.78, 5) is 23.8. The number of methoxy groups -OCH3 is 1. The van der Waals surface area contributed by atoms with Crippen molar-refractivity contribution >= 4 is 23.2 Å². The van der Waals surface area contributed by atoms with Crippen LogP contribution in [0.25, 0.3) is 5.76 Å². The SMILES string of the molecule is COC(=O)C(=O)/C(N=Nc1ccc(C)cc1)=C(\O)c1ccc(C)cc1. The van der Waals surface area contributed by atoms with E-state index < -0.39 is 23.2 Å². The van der Waals surface area contributed by atoms with Crippen molar-refractivity contribution < 1.29 is 19.4 Å². The molecule has 6 heteroatoms. The molecule has 6 nitrogen and oxygen atoms in total. The van der Waals surface area contributed by atoms with Gasteiger partial charge in [-0.3, -0.25) is 4.79 Å². The lowest BCUT2D eigenvalue weighted by Gasteiger charge is -2.05. The molecule has 0 aromatic heterocycles. The van der Waals surface area contributed by atoms with Crippen LogP contribution in [0.1, 0.15) is 16.7 Å². The predicted molar refractivity (Wildman–Crippen MR) is 93.4 cm³/mol. The van der Waals surface area contributed by atoms with Gasteiger partial charge in [0, 0.05) is 5.56 Å². The number of rotatable bonds is 5. The lowest BCUT2D eigenvalue weighted by atomic mass is 10.1. The molecule has 2 aromatic carbocycles. The third kappa shape index (κ3) is 4.60. The number of Topliss-reactive ketones (excluding diaryl/α,β-unsaturated/α-hetero) is 1. The number of ether oxygens (including phenoxy) is 1. The molecular formula is C19H18N2O4.